The van der Waals surface area contributed by atoms with Crippen LogP contribution in [0.15, 0.2) is 41.4 Å². The maximum atomic E-state index is 14.4. The summed E-state index contributed by atoms with van der Waals surface area (Å²) >= 11 is 0.902. The van der Waals surface area contributed by atoms with Gasteiger partial charge in [-0.25, -0.2) is 8.78 Å². The van der Waals surface area contributed by atoms with Crippen LogP contribution < -0.4 is 9.54 Å². The van der Waals surface area contributed by atoms with Gasteiger partial charge >= 0.3 is 5.97 Å². The number of carbonyl (C=O) groups excluding carboxylic acids is 2. The van der Waals surface area contributed by atoms with E-state index in [2.05, 4.69) is 4.99 Å². The zero-order valence-corrected chi connectivity index (χ0v) is 15.9. The number of methoxy groups -OCH3 is 1. The van der Waals surface area contributed by atoms with Crippen molar-refractivity contribution in [1.29, 1.82) is 0 Å². The van der Waals surface area contributed by atoms with Crippen molar-refractivity contribution in [3.8, 4) is 5.75 Å². The Kier molecular flexibility index (Phi) is 5.84. The molecule has 0 aliphatic carbocycles. The van der Waals surface area contributed by atoms with E-state index in [1.54, 1.807) is 25.1 Å². The third-order valence-corrected chi connectivity index (χ3v) is 4.83. The maximum absolute atomic E-state index is 14.4. The molecule has 0 aliphatic heterocycles. The van der Waals surface area contributed by atoms with Gasteiger partial charge in [0.15, 0.2) is 10.6 Å². The highest BCUT2D eigenvalue weighted by Crippen LogP contribution is 2.22. The maximum Gasteiger partial charge on any atom is 0.326 e. The fraction of sp³-hybridized carbons (Fsp3) is 0.211. The second-order valence-electron chi connectivity index (χ2n) is 5.66. The average Bonchev–Trinajstić information content (AvgIpc) is 2.98. The number of nitrogens with zero attached hydrogens (tertiary/aromatic N) is 2. The lowest BCUT2D eigenvalue weighted by Gasteiger charge is -2.06. The topological polar surface area (TPSA) is 69.9 Å². The van der Waals surface area contributed by atoms with Crippen LogP contribution in [-0.2, 0) is 16.1 Å². The molecule has 0 atom stereocenters. The van der Waals surface area contributed by atoms with E-state index < -0.39 is 23.5 Å². The second kappa shape index (κ2) is 8.30. The molecule has 2 aromatic carbocycles. The van der Waals surface area contributed by atoms with Gasteiger partial charge in [-0.3, -0.25) is 9.59 Å². The van der Waals surface area contributed by atoms with Gasteiger partial charge in [0.05, 0.1) is 23.9 Å². The molecule has 1 amide bonds. The van der Waals surface area contributed by atoms with Crippen LogP contribution in [0.25, 0.3) is 10.2 Å². The van der Waals surface area contributed by atoms with Crippen molar-refractivity contribution in [1.82, 2.24) is 4.57 Å². The molecule has 1 heterocycles. The van der Waals surface area contributed by atoms with Crippen molar-refractivity contribution in [2.24, 2.45) is 4.99 Å². The standard InChI is InChI=1S/C19H16F2N2O4S/c1-3-27-16(24)10-23-17-14(21)8-12(20)9-15(17)28-19(23)22-18(25)11-5-4-6-13(7-11)26-2/h4-9H,3,10H2,1-2H3. The van der Waals surface area contributed by atoms with Gasteiger partial charge in [-0.15, -0.1) is 0 Å². The Morgan fingerprint density at radius 2 is 2.00 bits per heavy atom. The van der Waals surface area contributed by atoms with E-state index in [1.807, 2.05) is 0 Å². The van der Waals surface area contributed by atoms with Gasteiger partial charge in [0.1, 0.15) is 18.1 Å². The van der Waals surface area contributed by atoms with Gasteiger partial charge < -0.3 is 14.0 Å². The first-order valence-electron chi connectivity index (χ1n) is 8.30. The quantitative estimate of drug-likeness (QED) is 0.610. The van der Waals surface area contributed by atoms with Crippen LogP contribution in [0.2, 0.25) is 0 Å². The molecule has 0 aliphatic rings. The summed E-state index contributed by atoms with van der Waals surface area (Å²) in [5.41, 5.74) is 0.239. The van der Waals surface area contributed by atoms with Crippen LogP contribution in [-0.4, -0.2) is 30.2 Å². The first kappa shape index (κ1) is 19.7. The van der Waals surface area contributed by atoms with E-state index >= 15 is 0 Å². The first-order valence-corrected chi connectivity index (χ1v) is 9.11. The number of ether oxygens (including phenoxy) is 2. The molecule has 28 heavy (non-hydrogen) atoms. The zero-order chi connectivity index (χ0) is 20.3. The predicted molar refractivity (Wildman–Crippen MR) is 99.3 cm³/mol. The number of aromatic nitrogens is 1. The molecule has 1 aromatic heterocycles. The molecule has 0 spiro atoms. The highest BCUT2D eigenvalue weighted by atomic mass is 32.1. The predicted octanol–water partition coefficient (Wildman–Crippen LogP) is 3.29. The summed E-state index contributed by atoms with van der Waals surface area (Å²) in [4.78, 5) is 28.6. The van der Waals surface area contributed by atoms with E-state index in [0.717, 1.165) is 17.4 Å². The molecule has 0 saturated carbocycles. The van der Waals surface area contributed by atoms with Crippen molar-refractivity contribution in [3.05, 3.63) is 58.4 Å². The third kappa shape index (κ3) is 4.09. The van der Waals surface area contributed by atoms with E-state index in [-0.39, 0.29) is 33.7 Å². The van der Waals surface area contributed by atoms with Crippen LogP contribution in [0.4, 0.5) is 8.78 Å². The van der Waals surface area contributed by atoms with Gasteiger partial charge in [0.2, 0.25) is 0 Å². The minimum atomic E-state index is -0.856. The Labute approximate surface area is 162 Å². The summed E-state index contributed by atoms with van der Waals surface area (Å²) in [6.07, 6.45) is 0. The zero-order valence-electron chi connectivity index (χ0n) is 15.1. The summed E-state index contributed by atoms with van der Waals surface area (Å²) in [5, 5.41) is 0. The fourth-order valence-electron chi connectivity index (χ4n) is 2.60. The van der Waals surface area contributed by atoms with Gasteiger partial charge in [-0.05, 0) is 31.2 Å². The largest absolute Gasteiger partial charge is 0.497 e. The second-order valence-corrected chi connectivity index (χ2v) is 6.67. The third-order valence-electron chi connectivity index (χ3n) is 3.80. The number of thiazole rings is 1. The van der Waals surface area contributed by atoms with Crippen molar-refractivity contribution in [3.63, 3.8) is 0 Å². The van der Waals surface area contributed by atoms with Crippen molar-refractivity contribution >= 4 is 33.4 Å². The lowest BCUT2D eigenvalue weighted by atomic mass is 10.2. The number of hydrogen-bond acceptors (Lipinski definition) is 5. The van der Waals surface area contributed by atoms with Crippen LogP contribution in [0.1, 0.15) is 17.3 Å². The van der Waals surface area contributed by atoms with E-state index in [1.165, 1.54) is 17.7 Å². The first-order chi connectivity index (χ1) is 13.4. The molecule has 0 radical (unpaired) electrons. The van der Waals surface area contributed by atoms with Crippen LogP contribution >= 0.6 is 11.3 Å². The molecular formula is C19H16F2N2O4S. The number of esters is 1. The number of hydrogen-bond donors (Lipinski definition) is 0. The molecule has 3 aromatic rings. The number of carbonyl (C=O) groups is 2. The monoisotopic (exact) mass is 406 g/mol. The van der Waals surface area contributed by atoms with Crippen molar-refractivity contribution in [2.45, 2.75) is 13.5 Å². The minimum absolute atomic E-state index is 0.0170. The molecule has 146 valence electrons. The Morgan fingerprint density at radius 3 is 2.71 bits per heavy atom. The molecule has 9 heteroatoms. The molecule has 6 nitrogen and oxygen atoms in total. The molecule has 0 unspecified atom stereocenters. The Balaban J connectivity index is 2.15. The Hall–Kier alpha value is -3.07. The number of benzene rings is 2. The van der Waals surface area contributed by atoms with Crippen LogP contribution in [0.3, 0.4) is 0 Å². The summed E-state index contributed by atoms with van der Waals surface area (Å²) in [6.45, 7) is 1.43. The van der Waals surface area contributed by atoms with Crippen LogP contribution in [0.5, 0.6) is 5.75 Å². The molecule has 0 bridgehead atoms. The van der Waals surface area contributed by atoms with Gasteiger partial charge in [-0.1, -0.05) is 17.4 Å². The van der Waals surface area contributed by atoms with E-state index in [9.17, 15) is 18.4 Å². The number of rotatable bonds is 5. The Bertz CT molecular complexity index is 1120. The molecule has 0 fully saturated rings. The summed E-state index contributed by atoms with van der Waals surface area (Å²) in [6, 6.07) is 8.21. The fourth-order valence-corrected chi connectivity index (χ4v) is 3.67. The Morgan fingerprint density at radius 1 is 1.21 bits per heavy atom. The molecule has 0 N–H and O–H groups in total. The number of fused-ring (bicyclic) bond motifs is 1. The van der Waals surface area contributed by atoms with E-state index in [0.29, 0.717) is 11.8 Å². The molecular weight excluding hydrogens is 390 g/mol. The highest BCUT2D eigenvalue weighted by molar-refractivity contribution is 7.16. The van der Waals surface area contributed by atoms with E-state index in [4.69, 9.17) is 9.47 Å². The summed E-state index contributed by atoms with van der Waals surface area (Å²) < 4.78 is 39.4. The normalized spacial score (nSPS) is 11.6. The van der Waals surface area contributed by atoms with Gasteiger partial charge in [0.25, 0.3) is 5.91 Å². The minimum Gasteiger partial charge on any atom is -0.497 e. The van der Waals surface area contributed by atoms with Crippen LogP contribution in [0, 0.1) is 11.6 Å². The molecule has 3 rings (SSSR count). The lowest BCUT2D eigenvalue weighted by molar-refractivity contribution is -0.143. The lowest BCUT2D eigenvalue weighted by Crippen LogP contribution is -2.23. The number of amides is 1. The highest BCUT2D eigenvalue weighted by Gasteiger charge is 2.17. The smallest absolute Gasteiger partial charge is 0.326 e. The average molecular weight is 406 g/mol. The number of halogens is 2. The summed E-state index contributed by atoms with van der Waals surface area (Å²) in [7, 11) is 1.47. The van der Waals surface area contributed by atoms with Gasteiger partial charge in [-0.2, -0.15) is 4.99 Å². The molecule has 0 saturated heterocycles. The van der Waals surface area contributed by atoms with Gasteiger partial charge in [0, 0.05) is 11.6 Å². The van der Waals surface area contributed by atoms with Crippen molar-refractivity contribution < 1.29 is 27.8 Å². The summed E-state index contributed by atoms with van der Waals surface area (Å²) in [5.74, 6) is -2.37. The van der Waals surface area contributed by atoms with Crippen molar-refractivity contribution in [2.75, 3.05) is 13.7 Å². The SMILES string of the molecule is CCOC(=O)Cn1c(=NC(=O)c2cccc(OC)c2)sc2cc(F)cc(F)c21.